The summed E-state index contributed by atoms with van der Waals surface area (Å²) in [5.74, 6) is 0.0793. The number of diazo groups is 1. The third-order valence-corrected chi connectivity index (χ3v) is 4.41. The van der Waals surface area contributed by atoms with E-state index in [0.29, 0.717) is 37.5 Å². The summed E-state index contributed by atoms with van der Waals surface area (Å²) >= 11 is 0. The van der Waals surface area contributed by atoms with E-state index in [9.17, 15) is 9.90 Å². The molecule has 0 aliphatic heterocycles. The van der Waals surface area contributed by atoms with Crippen LogP contribution >= 0.6 is 0 Å². The molecule has 1 N–H and O–H groups in total. The fourth-order valence-corrected chi connectivity index (χ4v) is 2.88. The van der Waals surface area contributed by atoms with E-state index >= 15 is 0 Å². The molecule has 150 valence electrons. The van der Waals surface area contributed by atoms with Crippen LogP contribution in [0.5, 0.6) is 5.75 Å². The molecule has 1 aromatic rings. The van der Waals surface area contributed by atoms with Gasteiger partial charge in [0, 0.05) is 30.7 Å². The van der Waals surface area contributed by atoms with Crippen molar-refractivity contribution in [3.8, 4) is 5.75 Å². The number of unbranched alkanes of at least 4 members (excludes halogenated alkanes) is 8. The van der Waals surface area contributed by atoms with Crippen LogP contribution in [0.25, 0.3) is 4.98 Å². The number of hydrogen-bond acceptors (Lipinski definition) is 5. The first-order valence-electron chi connectivity index (χ1n) is 10.1. The summed E-state index contributed by atoms with van der Waals surface area (Å²) in [7, 11) is 0. The molecule has 0 saturated heterocycles. The van der Waals surface area contributed by atoms with E-state index in [1.165, 1.54) is 38.2 Å². The molecule has 6 nitrogen and oxygen atoms in total. The average molecular weight is 378 g/mol. The van der Waals surface area contributed by atoms with Crippen LogP contribution in [-0.2, 0) is 20.9 Å². The highest BCUT2D eigenvalue weighted by Crippen LogP contribution is 2.24. The van der Waals surface area contributed by atoms with Crippen LogP contribution in [0.3, 0.4) is 0 Å². The van der Waals surface area contributed by atoms with E-state index in [0.717, 1.165) is 25.7 Å². The summed E-state index contributed by atoms with van der Waals surface area (Å²) in [6, 6.07) is 4.66. The lowest BCUT2D eigenvalue weighted by Crippen LogP contribution is -2.03. The van der Waals surface area contributed by atoms with Crippen molar-refractivity contribution in [3.05, 3.63) is 28.7 Å². The molecule has 0 amide bonds. The number of rotatable bonds is 15. The topological polar surface area (TPSA) is 83.9 Å². The zero-order valence-electron chi connectivity index (χ0n) is 16.5. The maximum atomic E-state index is 11.2. The average Bonchev–Trinajstić information content (AvgIpc) is 2.67. The number of ether oxygens (including phenoxy) is 2. The maximum absolute atomic E-state index is 11.2. The normalized spacial score (nSPS) is 10.5. The minimum atomic E-state index is -0.0777. The SMILES string of the molecule is CCOC(=O)CCCCCCCCCCCOCc1cc([N+]#N)ccc1O. The first-order chi connectivity index (χ1) is 13.2. The molecule has 6 heteroatoms. The summed E-state index contributed by atoms with van der Waals surface area (Å²) in [6.07, 6.45) is 10.8. The van der Waals surface area contributed by atoms with Crippen molar-refractivity contribution >= 4 is 11.7 Å². The van der Waals surface area contributed by atoms with Gasteiger partial charge in [0.05, 0.1) is 13.2 Å². The van der Waals surface area contributed by atoms with Gasteiger partial charge in [-0.15, -0.1) is 0 Å². The second-order valence-electron chi connectivity index (χ2n) is 6.70. The Morgan fingerprint density at radius 1 is 1.04 bits per heavy atom. The highest BCUT2D eigenvalue weighted by Gasteiger charge is 2.09. The van der Waals surface area contributed by atoms with E-state index in [4.69, 9.17) is 14.9 Å². The highest BCUT2D eigenvalue weighted by atomic mass is 16.5. The highest BCUT2D eigenvalue weighted by molar-refractivity contribution is 5.69. The molecule has 0 fully saturated rings. The summed E-state index contributed by atoms with van der Waals surface area (Å²) in [6.45, 7) is 3.29. The third-order valence-electron chi connectivity index (χ3n) is 4.41. The Bertz CT molecular complexity index is 584. The zero-order valence-corrected chi connectivity index (χ0v) is 16.5. The molecule has 0 bridgehead atoms. The van der Waals surface area contributed by atoms with Gasteiger partial charge in [0.25, 0.3) is 0 Å². The molecule has 0 heterocycles. The summed E-state index contributed by atoms with van der Waals surface area (Å²) in [5, 5.41) is 18.5. The van der Waals surface area contributed by atoms with Crippen LogP contribution < -0.4 is 0 Å². The Kier molecular flexibility index (Phi) is 12.7. The van der Waals surface area contributed by atoms with Gasteiger partial charge in [-0.2, -0.15) is 0 Å². The smallest absolute Gasteiger partial charge is 0.385 e. The molecular weight excluding hydrogens is 344 g/mol. The fourth-order valence-electron chi connectivity index (χ4n) is 2.88. The van der Waals surface area contributed by atoms with Crippen LogP contribution in [-0.4, -0.2) is 24.3 Å². The number of hydrogen-bond donors (Lipinski definition) is 1. The lowest BCUT2D eigenvalue weighted by Gasteiger charge is -2.06. The van der Waals surface area contributed by atoms with Gasteiger partial charge in [0.1, 0.15) is 5.75 Å². The third kappa shape index (κ3) is 11.2. The van der Waals surface area contributed by atoms with Crippen molar-refractivity contribution in [1.29, 1.82) is 5.39 Å². The zero-order chi connectivity index (χ0) is 19.7. The van der Waals surface area contributed by atoms with Crippen molar-refractivity contribution in [2.24, 2.45) is 0 Å². The molecule has 1 aromatic carbocycles. The van der Waals surface area contributed by atoms with Gasteiger partial charge in [-0.25, -0.2) is 0 Å². The quantitative estimate of drug-likeness (QED) is 0.235. The first kappa shape index (κ1) is 22.9. The number of carbonyl (C=O) groups excluding carboxylic acids is 1. The molecule has 0 aromatic heterocycles. The second kappa shape index (κ2) is 15.0. The second-order valence-corrected chi connectivity index (χ2v) is 6.70. The number of phenols is 1. The molecule has 0 aliphatic rings. The van der Waals surface area contributed by atoms with Crippen LogP contribution in [0.1, 0.15) is 76.7 Å². The van der Waals surface area contributed by atoms with Gasteiger partial charge in [0.2, 0.25) is 5.39 Å². The molecular formula is C21H33N2O4+. The molecule has 0 atom stereocenters. The van der Waals surface area contributed by atoms with Gasteiger partial charge in [-0.05, 0) is 25.8 Å². The Morgan fingerprint density at radius 2 is 1.67 bits per heavy atom. The van der Waals surface area contributed by atoms with Crippen molar-refractivity contribution in [2.75, 3.05) is 13.2 Å². The Morgan fingerprint density at radius 3 is 2.30 bits per heavy atom. The van der Waals surface area contributed by atoms with Crippen LogP contribution in [0, 0.1) is 5.39 Å². The number of esters is 1. The van der Waals surface area contributed by atoms with Crippen LogP contribution in [0.15, 0.2) is 18.2 Å². The molecule has 0 aliphatic carbocycles. The van der Waals surface area contributed by atoms with Crippen molar-refractivity contribution in [3.63, 3.8) is 0 Å². The van der Waals surface area contributed by atoms with E-state index < -0.39 is 0 Å². The van der Waals surface area contributed by atoms with Crippen LogP contribution in [0.2, 0.25) is 0 Å². The monoisotopic (exact) mass is 377 g/mol. The predicted octanol–water partition coefficient (Wildman–Crippen LogP) is 5.86. The minimum absolute atomic E-state index is 0.0777. The molecule has 0 spiro atoms. The number of benzene rings is 1. The Balaban J connectivity index is 1.90. The lowest BCUT2D eigenvalue weighted by atomic mass is 10.1. The van der Waals surface area contributed by atoms with Crippen molar-refractivity contribution in [2.45, 2.75) is 77.7 Å². The fraction of sp³-hybridized carbons (Fsp3) is 0.667. The lowest BCUT2D eigenvalue weighted by molar-refractivity contribution is -0.143. The molecule has 0 saturated carbocycles. The van der Waals surface area contributed by atoms with Gasteiger partial charge in [-0.1, -0.05) is 44.9 Å². The maximum Gasteiger partial charge on any atom is 0.385 e. The minimum Gasteiger partial charge on any atom is -0.508 e. The van der Waals surface area contributed by atoms with E-state index in [1.54, 1.807) is 12.1 Å². The van der Waals surface area contributed by atoms with Gasteiger partial charge < -0.3 is 14.6 Å². The van der Waals surface area contributed by atoms with Gasteiger partial charge in [-0.3, -0.25) is 4.79 Å². The van der Waals surface area contributed by atoms with E-state index in [1.807, 2.05) is 6.92 Å². The Labute approximate surface area is 162 Å². The Hall–Kier alpha value is -2.13. The number of aromatic hydroxyl groups is 1. The molecule has 1 rings (SSSR count). The largest absolute Gasteiger partial charge is 0.508 e. The van der Waals surface area contributed by atoms with E-state index in [2.05, 4.69) is 4.98 Å². The number of nitrogens with zero attached hydrogens (tertiary/aromatic N) is 2. The summed E-state index contributed by atoms with van der Waals surface area (Å²) in [4.78, 5) is 14.3. The first-order valence-corrected chi connectivity index (χ1v) is 10.1. The molecule has 0 radical (unpaired) electrons. The predicted molar refractivity (Wildman–Crippen MR) is 105 cm³/mol. The molecule has 0 unspecified atom stereocenters. The molecule has 27 heavy (non-hydrogen) atoms. The van der Waals surface area contributed by atoms with E-state index in [-0.39, 0.29) is 11.7 Å². The standard InChI is InChI=1S/C21H32N2O4/c1-2-27-21(25)12-10-8-6-4-3-5-7-9-11-15-26-17-18-16-19(23-22)13-14-20(18)24/h13-14,16H,2-12,15,17H2,1H3/p+1. The van der Waals surface area contributed by atoms with Crippen molar-refractivity contribution < 1.29 is 19.4 Å². The summed E-state index contributed by atoms with van der Waals surface area (Å²) in [5.41, 5.74) is 1.04. The van der Waals surface area contributed by atoms with Crippen molar-refractivity contribution in [1.82, 2.24) is 0 Å². The number of carbonyl (C=O) groups is 1. The van der Waals surface area contributed by atoms with Crippen LogP contribution in [0.4, 0.5) is 5.69 Å². The summed E-state index contributed by atoms with van der Waals surface area (Å²) < 4.78 is 10.5. The van der Waals surface area contributed by atoms with Gasteiger partial charge >= 0.3 is 11.7 Å². The van der Waals surface area contributed by atoms with Gasteiger partial charge in [0.15, 0.2) is 4.98 Å². The number of phenolic OH excluding ortho intramolecular Hbond substituents is 1.